The van der Waals surface area contributed by atoms with Crippen molar-refractivity contribution in [1.29, 1.82) is 0 Å². The van der Waals surface area contributed by atoms with Gasteiger partial charge in [0.25, 0.3) is 5.91 Å². The summed E-state index contributed by atoms with van der Waals surface area (Å²) in [7, 11) is 0. The van der Waals surface area contributed by atoms with Gasteiger partial charge in [0.15, 0.2) is 11.6 Å². The van der Waals surface area contributed by atoms with Gasteiger partial charge in [0, 0.05) is 13.0 Å². The number of halogens is 1. The van der Waals surface area contributed by atoms with Gasteiger partial charge in [-0.1, -0.05) is 29.4 Å². The molecule has 0 bridgehead atoms. The first-order valence-electron chi connectivity index (χ1n) is 9.18. The quantitative estimate of drug-likeness (QED) is 0.723. The summed E-state index contributed by atoms with van der Waals surface area (Å²) in [5, 5.41) is 4.13. The molecule has 1 unspecified atom stereocenters. The average molecular weight is 401 g/mol. The molecule has 7 nitrogen and oxygen atoms in total. The molecule has 1 aliphatic carbocycles. The minimum Gasteiger partial charge on any atom is -0.459 e. The van der Waals surface area contributed by atoms with Crippen molar-refractivity contribution >= 4 is 18.3 Å². The summed E-state index contributed by atoms with van der Waals surface area (Å²) in [4.78, 5) is 19.4. The molecule has 2 aromatic heterocycles. The van der Waals surface area contributed by atoms with Crippen molar-refractivity contribution in [3.8, 4) is 0 Å². The zero-order valence-corrected chi connectivity index (χ0v) is 16.0. The third-order valence-corrected chi connectivity index (χ3v) is 5.66. The number of carbonyl (C=O) groups excluding carboxylic acids is 1. The van der Waals surface area contributed by atoms with Crippen LogP contribution < -0.4 is 5.73 Å². The third kappa shape index (κ3) is 3.00. The van der Waals surface area contributed by atoms with Crippen molar-refractivity contribution in [3.63, 3.8) is 0 Å². The van der Waals surface area contributed by atoms with E-state index in [1.807, 2.05) is 18.2 Å². The topological polar surface area (TPSA) is 98.4 Å². The van der Waals surface area contributed by atoms with Crippen LogP contribution in [0.5, 0.6) is 0 Å². The summed E-state index contributed by atoms with van der Waals surface area (Å²) >= 11 is 0. The van der Waals surface area contributed by atoms with Crippen molar-refractivity contribution in [2.24, 2.45) is 5.73 Å². The van der Waals surface area contributed by atoms with Crippen LogP contribution in [0.25, 0.3) is 0 Å². The molecule has 146 valence electrons. The number of hydrogen-bond donors (Lipinski definition) is 1. The van der Waals surface area contributed by atoms with Gasteiger partial charge in [-0.3, -0.25) is 4.79 Å². The molecular weight excluding hydrogens is 380 g/mol. The zero-order valence-electron chi connectivity index (χ0n) is 15.2. The van der Waals surface area contributed by atoms with E-state index in [1.165, 1.54) is 11.8 Å². The van der Waals surface area contributed by atoms with E-state index in [0.717, 1.165) is 24.8 Å². The summed E-state index contributed by atoms with van der Waals surface area (Å²) in [5.74, 6) is 1.07. The van der Waals surface area contributed by atoms with Crippen molar-refractivity contribution in [1.82, 2.24) is 15.0 Å². The van der Waals surface area contributed by atoms with E-state index in [0.29, 0.717) is 30.4 Å². The molecule has 3 heterocycles. The molecule has 2 aliphatic rings. The van der Waals surface area contributed by atoms with E-state index in [2.05, 4.69) is 16.2 Å². The summed E-state index contributed by atoms with van der Waals surface area (Å²) in [5.41, 5.74) is 8.13. The predicted octanol–water partition coefficient (Wildman–Crippen LogP) is 3.36. The lowest BCUT2D eigenvalue weighted by Gasteiger charge is -2.35. The molecule has 1 aliphatic heterocycles. The first kappa shape index (κ1) is 18.7. The fraction of sp³-hybridized carbons (Fsp3) is 0.350. The highest BCUT2D eigenvalue weighted by atomic mass is 35.5. The Labute approximate surface area is 168 Å². The Balaban J connectivity index is 0.00000192. The number of aromatic nitrogens is 2. The predicted molar refractivity (Wildman–Crippen MR) is 103 cm³/mol. The summed E-state index contributed by atoms with van der Waals surface area (Å²) in [6.45, 7) is 0.464. The molecule has 8 heteroatoms. The first-order valence-corrected chi connectivity index (χ1v) is 9.18. The molecule has 1 fully saturated rings. The maximum atomic E-state index is 13.0. The van der Waals surface area contributed by atoms with Crippen LogP contribution in [0.3, 0.4) is 0 Å². The van der Waals surface area contributed by atoms with E-state index in [9.17, 15) is 4.79 Å². The Bertz CT molecular complexity index is 981. The molecule has 3 aromatic rings. The molecule has 0 radical (unpaired) electrons. The summed E-state index contributed by atoms with van der Waals surface area (Å²) in [6, 6.07) is 11.1. The third-order valence-electron chi connectivity index (χ3n) is 5.66. The smallest absolute Gasteiger partial charge is 0.290 e. The van der Waals surface area contributed by atoms with Gasteiger partial charge >= 0.3 is 0 Å². The maximum Gasteiger partial charge on any atom is 0.290 e. The Morgan fingerprint density at radius 1 is 1.18 bits per heavy atom. The Morgan fingerprint density at radius 3 is 2.64 bits per heavy atom. The lowest BCUT2D eigenvalue weighted by molar-refractivity contribution is 0.0562. The second-order valence-corrected chi connectivity index (χ2v) is 7.36. The number of carbonyl (C=O) groups is 1. The Morgan fingerprint density at radius 2 is 1.96 bits per heavy atom. The number of furan rings is 1. The van der Waals surface area contributed by atoms with Crippen molar-refractivity contribution in [2.45, 2.75) is 43.8 Å². The Hall–Kier alpha value is -2.64. The molecular formula is C20H21ClN4O3. The number of hydrogen-bond acceptors (Lipinski definition) is 6. The van der Waals surface area contributed by atoms with E-state index in [-0.39, 0.29) is 24.4 Å². The van der Waals surface area contributed by atoms with E-state index in [1.54, 1.807) is 17.0 Å². The van der Waals surface area contributed by atoms with Crippen molar-refractivity contribution < 1.29 is 13.7 Å². The number of benzene rings is 1. The highest BCUT2D eigenvalue weighted by Gasteiger charge is 2.41. The normalized spacial score (nSPS) is 20.0. The standard InChI is InChI=1S/C20H20N4O3.ClH/c21-20(8-4-9-20)19-22-17(27-23-19)15-11-13-5-1-2-6-14(13)12-24(15)18(25)16-7-3-10-26-16;/h1-3,5-7,10,15H,4,8-9,11-12,21H2;1H. The molecule has 2 N–H and O–H groups in total. The molecule has 0 spiro atoms. The van der Waals surface area contributed by atoms with Crippen molar-refractivity contribution in [3.05, 3.63) is 71.3 Å². The van der Waals surface area contributed by atoms with E-state index < -0.39 is 5.54 Å². The summed E-state index contributed by atoms with van der Waals surface area (Å²) < 4.78 is 10.9. The van der Waals surface area contributed by atoms with Crippen LogP contribution in [-0.4, -0.2) is 20.9 Å². The largest absolute Gasteiger partial charge is 0.459 e. The van der Waals surface area contributed by atoms with Gasteiger partial charge in [0.05, 0.1) is 11.8 Å². The molecule has 1 saturated carbocycles. The molecule has 1 aromatic carbocycles. The lowest BCUT2D eigenvalue weighted by atomic mass is 9.77. The van der Waals surface area contributed by atoms with Crippen LogP contribution in [0.1, 0.15) is 58.7 Å². The van der Waals surface area contributed by atoms with E-state index >= 15 is 0 Å². The number of amides is 1. The first-order chi connectivity index (χ1) is 13.1. The zero-order chi connectivity index (χ0) is 18.4. The second kappa shape index (κ2) is 7.07. The fourth-order valence-electron chi connectivity index (χ4n) is 3.85. The maximum absolute atomic E-state index is 13.0. The van der Waals surface area contributed by atoms with Crippen LogP contribution >= 0.6 is 12.4 Å². The molecule has 1 atom stereocenters. The lowest BCUT2D eigenvalue weighted by Crippen LogP contribution is -2.44. The van der Waals surface area contributed by atoms with Gasteiger partial charge < -0.3 is 19.6 Å². The molecule has 28 heavy (non-hydrogen) atoms. The highest BCUT2D eigenvalue weighted by molar-refractivity contribution is 5.91. The van der Waals surface area contributed by atoms with E-state index in [4.69, 9.17) is 14.7 Å². The second-order valence-electron chi connectivity index (χ2n) is 7.36. The SMILES string of the molecule is Cl.NC1(c2noc(C3Cc4ccccc4CN3C(=O)c3ccco3)n2)CCC1. The number of nitrogens with two attached hydrogens (primary N) is 1. The number of nitrogens with zero attached hydrogens (tertiary/aromatic N) is 3. The van der Waals surface area contributed by atoms with Gasteiger partial charge in [0.1, 0.15) is 6.04 Å². The van der Waals surface area contributed by atoms with Gasteiger partial charge in [0.2, 0.25) is 5.89 Å². The van der Waals surface area contributed by atoms with Crippen LogP contribution in [0.4, 0.5) is 0 Å². The number of fused-ring (bicyclic) bond motifs is 1. The Kier molecular flexibility index (Phi) is 4.72. The van der Waals surface area contributed by atoms with Gasteiger partial charge in [-0.05, 0) is 42.5 Å². The highest BCUT2D eigenvalue weighted by Crippen LogP contribution is 2.39. The minimum atomic E-state index is -0.496. The molecule has 0 saturated heterocycles. The van der Waals surface area contributed by atoms with Gasteiger partial charge in [-0.25, -0.2) is 0 Å². The van der Waals surface area contributed by atoms with Crippen LogP contribution in [0.2, 0.25) is 0 Å². The number of rotatable bonds is 3. The average Bonchev–Trinajstić information content (AvgIpc) is 3.36. The van der Waals surface area contributed by atoms with Gasteiger partial charge in [-0.15, -0.1) is 12.4 Å². The minimum absolute atomic E-state index is 0. The molecule has 1 amide bonds. The fourth-order valence-corrected chi connectivity index (χ4v) is 3.85. The van der Waals surface area contributed by atoms with Crippen LogP contribution in [0.15, 0.2) is 51.6 Å². The van der Waals surface area contributed by atoms with Crippen LogP contribution in [-0.2, 0) is 18.5 Å². The van der Waals surface area contributed by atoms with Crippen LogP contribution in [0, 0.1) is 0 Å². The summed E-state index contributed by atoms with van der Waals surface area (Å²) in [6.07, 6.45) is 4.89. The van der Waals surface area contributed by atoms with Crippen molar-refractivity contribution in [2.75, 3.05) is 0 Å². The molecule has 5 rings (SSSR count). The van der Waals surface area contributed by atoms with Gasteiger partial charge in [-0.2, -0.15) is 4.98 Å². The monoisotopic (exact) mass is 400 g/mol.